The number of benzene rings is 1. The molecule has 3 atom stereocenters. The van der Waals surface area contributed by atoms with Crippen molar-refractivity contribution in [3.05, 3.63) is 35.4 Å². The van der Waals surface area contributed by atoms with Crippen LogP contribution >= 0.6 is 11.8 Å². The summed E-state index contributed by atoms with van der Waals surface area (Å²) in [4.78, 5) is 0. The fraction of sp³-hybridized carbons (Fsp3) is 0.600. The van der Waals surface area contributed by atoms with Crippen molar-refractivity contribution >= 4 is 11.8 Å². The predicted molar refractivity (Wildman–Crippen MR) is 79.4 cm³/mol. The molecule has 3 heteroatoms. The van der Waals surface area contributed by atoms with Gasteiger partial charge in [-0.1, -0.05) is 31.2 Å². The molecular weight excluding hydrogens is 242 g/mol. The fourth-order valence-electron chi connectivity index (χ4n) is 2.84. The monoisotopic (exact) mass is 265 g/mol. The van der Waals surface area contributed by atoms with Crippen LogP contribution in [0, 0.1) is 0 Å². The molecular formula is C15H23NOS. The Morgan fingerprint density at radius 3 is 2.72 bits per heavy atom. The van der Waals surface area contributed by atoms with E-state index in [1.807, 2.05) is 11.8 Å². The van der Waals surface area contributed by atoms with Gasteiger partial charge in [-0.25, -0.2) is 0 Å². The van der Waals surface area contributed by atoms with Gasteiger partial charge in [0, 0.05) is 24.2 Å². The molecule has 0 radical (unpaired) electrons. The van der Waals surface area contributed by atoms with E-state index in [2.05, 4.69) is 43.6 Å². The molecule has 0 aromatic heterocycles. The van der Waals surface area contributed by atoms with Crippen LogP contribution in [0.2, 0.25) is 0 Å². The van der Waals surface area contributed by atoms with Gasteiger partial charge in [0.2, 0.25) is 0 Å². The van der Waals surface area contributed by atoms with Crippen LogP contribution in [0.5, 0.6) is 0 Å². The van der Waals surface area contributed by atoms with Crippen molar-refractivity contribution in [1.29, 1.82) is 0 Å². The summed E-state index contributed by atoms with van der Waals surface area (Å²) >= 11 is 2.03. The number of rotatable bonds is 5. The average molecular weight is 265 g/mol. The van der Waals surface area contributed by atoms with Crippen LogP contribution in [0.3, 0.4) is 0 Å². The lowest BCUT2D eigenvalue weighted by molar-refractivity contribution is 0.218. The lowest BCUT2D eigenvalue weighted by Gasteiger charge is -2.36. The second-order valence-corrected chi connectivity index (χ2v) is 6.28. The predicted octanol–water partition coefficient (Wildman–Crippen LogP) is 3.20. The van der Waals surface area contributed by atoms with Gasteiger partial charge in [-0.2, -0.15) is 11.8 Å². The van der Waals surface area contributed by atoms with Gasteiger partial charge in [0.25, 0.3) is 0 Å². The standard InChI is InChI=1S/C15H23NOS/c1-11-10-14(18-9-8-17-3)15(16-2)13-7-5-4-6-12(11)13/h4-7,11,14-16H,8-10H2,1-3H3. The third-order valence-electron chi connectivity index (χ3n) is 3.75. The van der Waals surface area contributed by atoms with Crippen molar-refractivity contribution in [3.63, 3.8) is 0 Å². The van der Waals surface area contributed by atoms with Crippen molar-refractivity contribution in [3.8, 4) is 0 Å². The number of methoxy groups -OCH3 is 1. The number of nitrogens with one attached hydrogen (secondary N) is 1. The van der Waals surface area contributed by atoms with E-state index in [1.54, 1.807) is 7.11 Å². The first kappa shape index (κ1) is 13.9. The molecule has 1 aromatic rings. The van der Waals surface area contributed by atoms with E-state index in [1.165, 1.54) is 17.5 Å². The van der Waals surface area contributed by atoms with Gasteiger partial charge in [0.15, 0.2) is 0 Å². The van der Waals surface area contributed by atoms with Crippen molar-refractivity contribution in [2.24, 2.45) is 0 Å². The zero-order chi connectivity index (χ0) is 13.0. The number of fused-ring (bicyclic) bond motifs is 1. The molecule has 0 heterocycles. The number of ether oxygens (including phenoxy) is 1. The maximum absolute atomic E-state index is 5.16. The van der Waals surface area contributed by atoms with Crippen LogP contribution in [0.1, 0.15) is 36.4 Å². The van der Waals surface area contributed by atoms with Crippen LogP contribution in [0.4, 0.5) is 0 Å². The van der Waals surface area contributed by atoms with Gasteiger partial charge >= 0.3 is 0 Å². The molecule has 0 saturated carbocycles. The van der Waals surface area contributed by atoms with Crippen LogP contribution in [-0.4, -0.2) is 31.8 Å². The summed E-state index contributed by atoms with van der Waals surface area (Å²) in [7, 11) is 3.84. The minimum atomic E-state index is 0.472. The Labute approximate surface area is 114 Å². The molecule has 0 bridgehead atoms. The second kappa shape index (κ2) is 6.60. The summed E-state index contributed by atoms with van der Waals surface area (Å²) in [6.07, 6.45) is 1.25. The molecule has 0 fully saturated rings. The second-order valence-electron chi connectivity index (χ2n) is 4.93. The first-order valence-electron chi connectivity index (χ1n) is 6.64. The number of hydrogen-bond acceptors (Lipinski definition) is 3. The Morgan fingerprint density at radius 2 is 2.06 bits per heavy atom. The van der Waals surface area contributed by atoms with E-state index in [0.717, 1.165) is 12.4 Å². The van der Waals surface area contributed by atoms with Crippen molar-refractivity contribution in [1.82, 2.24) is 5.32 Å². The van der Waals surface area contributed by atoms with Crippen LogP contribution in [-0.2, 0) is 4.74 Å². The summed E-state index contributed by atoms with van der Waals surface area (Å²) in [6, 6.07) is 9.33. The van der Waals surface area contributed by atoms with Gasteiger partial charge in [0.05, 0.1) is 6.61 Å². The Balaban J connectivity index is 2.15. The third kappa shape index (κ3) is 2.90. The van der Waals surface area contributed by atoms with Gasteiger partial charge in [0.1, 0.15) is 0 Å². The topological polar surface area (TPSA) is 21.3 Å². The highest BCUT2D eigenvalue weighted by molar-refractivity contribution is 7.99. The number of thioether (sulfide) groups is 1. The van der Waals surface area contributed by atoms with E-state index < -0.39 is 0 Å². The van der Waals surface area contributed by atoms with Crippen LogP contribution in [0.15, 0.2) is 24.3 Å². The smallest absolute Gasteiger partial charge is 0.0553 e. The zero-order valence-corrected chi connectivity index (χ0v) is 12.3. The first-order chi connectivity index (χ1) is 8.77. The number of hydrogen-bond donors (Lipinski definition) is 1. The summed E-state index contributed by atoms with van der Waals surface area (Å²) in [5.41, 5.74) is 2.99. The van der Waals surface area contributed by atoms with Crippen molar-refractivity contribution in [2.45, 2.75) is 30.6 Å². The van der Waals surface area contributed by atoms with Gasteiger partial charge in [-0.05, 0) is 30.5 Å². The van der Waals surface area contributed by atoms with Crippen molar-refractivity contribution in [2.75, 3.05) is 26.5 Å². The zero-order valence-electron chi connectivity index (χ0n) is 11.5. The lowest BCUT2D eigenvalue weighted by Crippen LogP contribution is -2.33. The third-order valence-corrected chi connectivity index (χ3v) is 5.05. The lowest BCUT2D eigenvalue weighted by atomic mass is 9.81. The highest BCUT2D eigenvalue weighted by Crippen LogP contribution is 2.42. The fourth-order valence-corrected chi connectivity index (χ4v) is 4.31. The van der Waals surface area contributed by atoms with E-state index in [9.17, 15) is 0 Å². The normalized spacial score (nSPS) is 26.9. The largest absolute Gasteiger partial charge is 0.384 e. The van der Waals surface area contributed by atoms with Gasteiger partial charge in [-0.15, -0.1) is 0 Å². The summed E-state index contributed by atoms with van der Waals surface area (Å²) < 4.78 is 5.16. The Kier molecular flexibility index (Phi) is 5.10. The van der Waals surface area contributed by atoms with E-state index in [0.29, 0.717) is 17.2 Å². The molecule has 0 spiro atoms. The summed E-state index contributed by atoms with van der Waals surface area (Å²) in [5.74, 6) is 1.74. The van der Waals surface area contributed by atoms with Gasteiger partial charge < -0.3 is 10.1 Å². The SMILES string of the molecule is CNC1c2ccccc2C(C)CC1SCCOC. The molecule has 1 aromatic carbocycles. The molecule has 1 N–H and O–H groups in total. The van der Waals surface area contributed by atoms with Crippen LogP contribution in [0.25, 0.3) is 0 Å². The minimum absolute atomic E-state index is 0.472. The molecule has 0 amide bonds. The molecule has 100 valence electrons. The highest BCUT2D eigenvalue weighted by atomic mass is 32.2. The Morgan fingerprint density at radius 1 is 1.33 bits per heavy atom. The highest BCUT2D eigenvalue weighted by Gasteiger charge is 2.31. The summed E-state index contributed by atoms with van der Waals surface area (Å²) in [5, 5.41) is 4.14. The molecule has 1 aliphatic carbocycles. The molecule has 1 aliphatic rings. The summed E-state index contributed by atoms with van der Waals surface area (Å²) in [6.45, 7) is 3.18. The molecule has 2 nitrogen and oxygen atoms in total. The van der Waals surface area contributed by atoms with Crippen molar-refractivity contribution < 1.29 is 4.74 Å². The average Bonchev–Trinajstić information content (AvgIpc) is 2.39. The van der Waals surface area contributed by atoms with E-state index >= 15 is 0 Å². The Hall–Kier alpha value is -0.510. The van der Waals surface area contributed by atoms with E-state index in [-0.39, 0.29) is 0 Å². The Bertz CT molecular complexity index is 383. The van der Waals surface area contributed by atoms with Gasteiger partial charge in [-0.3, -0.25) is 0 Å². The first-order valence-corrected chi connectivity index (χ1v) is 7.69. The molecule has 18 heavy (non-hydrogen) atoms. The maximum Gasteiger partial charge on any atom is 0.0553 e. The van der Waals surface area contributed by atoms with Crippen LogP contribution < -0.4 is 5.32 Å². The minimum Gasteiger partial charge on any atom is -0.384 e. The maximum atomic E-state index is 5.16. The molecule has 0 saturated heterocycles. The molecule has 3 unspecified atom stereocenters. The molecule has 0 aliphatic heterocycles. The quantitative estimate of drug-likeness (QED) is 0.826. The van der Waals surface area contributed by atoms with E-state index in [4.69, 9.17) is 4.74 Å². The molecule has 2 rings (SSSR count).